The molecule has 120 valence electrons. The van der Waals surface area contributed by atoms with Crippen LogP contribution < -0.4 is 9.46 Å². The number of hydrogen-bond acceptors (Lipinski definition) is 4. The van der Waals surface area contributed by atoms with Crippen LogP contribution in [0.25, 0.3) is 0 Å². The molecule has 0 unspecified atom stereocenters. The first-order valence-electron chi connectivity index (χ1n) is 6.75. The second-order valence-electron chi connectivity index (χ2n) is 4.75. The number of halogens is 1. The van der Waals surface area contributed by atoms with Crippen molar-refractivity contribution in [3.63, 3.8) is 0 Å². The number of ether oxygens (including phenoxy) is 1. The summed E-state index contributed by atoms with van der Waals surface area (Å²) in [6.07, 6.45) is 2.54. The van der Waals surface area contributed by atoms with E-state index in [0.29, 0.717) is 25.3 Å². The minimum atomic E-state index is -3.49. The molecular weight excluding hydrogens is 370 g/mol. The number of nitrogens with zero attached hydrogens (tertiary/aromatic N) is 2. The second kappa shape index (κ2) is 7.26. The Morgan fingerprint density at radius 2 is 2.00 bits per heavy atom. The molecule has 0 amide bonds. The second-order valence-corrected chi connectivity index (χ2v) is 7.37. The lowest BCUT2D eigenvalue weighted by Gasteiger charge is -2.07. The third-order valence-corrected chi connectivity index (χ3v) is 5.37. The quantitative estimate of drug-likeness (QED) is 0.739. The zero-order chi connectivity index (χ0) is 16.2. The molecule has 2 rings (SSSR count). The Balaban J connectivity index is 1.86. The van der Waals surface area contributed by atoms with Crippen LogP contribution in [-0.4, -0.2) is 31.9 Å². The lowest BCUT2D eigenvalue weighted by molar-refractivity contribution is 0.414. The van der Waals surface area contributed by atoms with Crippen molar-refractivity contribution in [3.05, 3.63) is 40.6 Å². The molecular formula is C14H18BrN3O3S. The molecule has 6 nitrogen and oxygen atoms in total. The van der Waals surface area contributed by atoms with E-state index in [9.17, 15) is 8.42 Å². The highest BCUT2D eigenvalue weighted by Gasteiger charge is 2.13. The highest BCUT2D eigenvalue weighted by atomic mass is 79.9. The normalized spacial score (nSPS) is 11.6. The van der Waals surface area contributed by atoms with Crippen molar-refractivity contribution in [2.45, 2.75) is 24.8 Å². The summed E-state index contributed by atoms with van der Waals surface area (Å²) in [6, 6.07) is 6.29. The molecule has 1 aromatic carbocycles. The van der Waals surface area contributed by atoms with E-state index in [1.807, 2.05) is 13.1 Å². The highest BCUT2D eigenvalue weighted by Crippen LogP contribution is 2.15. The van der Waals surface area contributed by atoms with Gasteiger partial charge in [-0.1, -0.05) is 0 Å². The smallest absolute Gasteiger partial charge is 0.240 e. The molecule has 0 aliphatic carbocycles. The first kappa shape index (κ1) is 17.0. The van der Waals surface area contributed by atoms with Crippen LogP contribution in [0.5, 0.6) is 5.75 Å². The Labute approximate surface area is 138 Å². The van der Waals surface area contributed by atoms with E-state index in [2.05, 4.69) is 25.8 Å². The minimum absolute atomic E-state index is 0.228. The lowest BCUT2D eigenvalue weighted by Crippen LogP contribution is -2.25. The lowest BCUT2D eigenvalue weighted by atomic mass is 10.3. The summed E-state index contributed by atoms with van der Waals surface area (Å²) in [5.74, 6) is 0.624. The van der Waals surface area contributed by atoms with Gasteiger partial charge in [0, 0.05) is 19.3 Å². The Kier molecular flexibility index (Phi) is 5.60. The van der Waals surface area contributed by atoms with Gasteiger partial charge in [-0.2, -0.15) is 5.10 Å². The van der Waals surface area contributed by atoms with Gasteiger partial charge in [-0.25, -0.2) is 13.1 Å². The first-order valence-corrected chi connectivity index (χ1v) is 9.03. The number of sulfonamides is 1. The van der Waals surface area contributed by atoms with Gasteiger partial charge in [0.2, 0.25) is 10.0 Å². The van der Waals surface area contributed by atoms with Crippen molar-refractivity contribution >= 4 is 26.0 Å². The molecule has 22 heavy (non-hydrogen) atoms. The molecule has 1 N–H and O–H groups in total. The van der Waals surface area contributed by atoms with Gasteiger partial charge in [-0.05, 0) is 53.5 Å². The maximum atomic E-state index is 12.1. The molecule has 0 atom stereocenters. The van der Waals surface area contributed by atoms with Crippen LogP contribution in [0.4, 0.5) is 0 Å². The fourth-order valence-electron chi connectivity index (χ4n) is 1.89. The van der Waals surface area contributed by atoms with E-state index < -0.39 is 10.0 Å². The number of rotatable bonds is 7. The van der Waals surface area contributed by atoms with Crippen molar-refractivity contribution in [1.82, 2.24) is 14.5 Å². The molecule has 0 saturated heterocycles. The molecule has 0 spiro atoms. The van der Waals surface area contributed by atoms with E-state index >= 15 is 0 Å². The molecule has 0 bridgehead atoms. The van der Waals surface area contributed by atoms with Crippen LogP contribution in [0.1, 0.15) is 12.1 Å². The predicted octanol–water partition coefficient (Wildman–Crippen LogP) is 2.33. The molecule has 0 aliphatic heterocycles. The standard InChI is InChI=1S/C14H18BrN3O3S/c1-11-14(15)10-18(17-11)9-3-8-16-22(19,20)13-6-4-12(21-2)5-7-13/h4-7,10,16H,3,8-9H2,1-2H3. The van der Waals surface area contributed by atoms with E-state index in [1.54, 1.807) is 16.8 Å². The zero-order valence-corrected chi connectivity index (χ0v) is 14.8. The molecule has 0 radical (unpaired) electrons. The molecule has 8 heteroatoms. The number of benzene rings is 1. The van der Waals surface area contributed by atoms with Crippen molar-refractivity contribution < 1.29 is 13.2 Å². The summed E-state index contributed by atoms with van der Waals surface area (Å²) in [4.78, 5) is 0.228. The molecule has 0 aliphatic rings. The van der Waals surface area contributed by atoms with E-state index in [1.165, 1.54) is 19.2 Å². The van der Waals surface area contributed by atoms with Crippen LogP contribution in [0.3, 0.4) is 0 Å². The van der Waals surface area contributed by atoms with E-state index in [4.69, 9.17) is 4.74 Å². The summed E-state index contributed by atoms with van der Waals surface area (Å²) in [7, 11) is -1.95. The van der Waals surface area contributed by atoms with E-state index in [-0.39, 0.29) is 4.90 Å². The Morgan fingerprint density at radius 1 is 1.32 bits per heavy atom. The van der Waals surface area contributed by atoms with Crippen molar-refractivity contribution in [2.75, 3.05) is 13.7 Å². The number of nitrogens with one attached hydrogen (secondary N) is 1. The fraction of sp³-hybridized carbons (Fsp3) is 0.357. The van der Waals surface area contributed by atoms with Gasteiger partial charge < -0.3 is 4.74 Å². The Bertz CT molecular complexity index is 707. The zero-order valence-electron chi connectivity index (χ0n) is 12.4. The van der Waals surface area contributed by atoms with Crippen LogP contribution in [0, 0.1) is 6.92 Å². The van der Waals surface area contributed by atoms with Crippen LogP contribution in [0.2, 0.25) is 0 Å². The number of aryl methyl sites for hydroxylation is 2. The minimum Gasteiger partial charge on any atom is -0.497 e. The van der Waals surface area contributed by atoms with Crippen LogP contribution in [0.15, 0.2) is 39.8 Å². The topological polar surface area (TPSA) is 73.2 Å². The predicted molar refractivity (Wildman–Crippen MR) is 87.5 cm³/mol. The average molecular weight is 388 g/mol. The van der Waals surface area contributed by atoms with Gasteiger partial charge in [0.1, 0.15) is 5.75 Å². The highest BCUT2D eigenvalue weighted by molar-refractivity contribution is 9.10. The maximum absolute atomic E-state index is 12.1. The Morgan fingerprint density at radius 3 is 2.55 bits per heavy atom. The van der Waals surface area contributed by atoms with Crippen LogP contribution in [-0.2, 0) is 16.6 Å². The van der Waals surface area contributed by atoms with E-state index in [0.717, 1.165) is 10.2 Å². The largest absolute Gasteiger partial charge is 0.497 e. The summed E-state index contributed by atoms with van der Waals surface area (Å²) in [5, 5.41) is 4.30. The molecule has 1 aromatic heterocycles. The molecule has 1 heterocycles. The van der Waals surface area contributed by atoms with Gasteiger partial charge >= 0.3 is 0 Å². The number of aromatic nitrogens is 2. The monoisotopic (exact) mass is 387 g/mol. The van der Waals surface area contributed by atoms with Crippen molar-refractivity contribution in [2.24, 2.45) is 0 Å². The number of methoxy groups -OCH3 is 1. The van der Waals surface area contributed by atoms with Crippen molar-refractivity contribution in [1.29, 1.82) is 0 Å². The van der Waals surface area contributed by atoms with Gasteiger partial charge in [0.05, 0.1) is 22.2 Å². The third-order valence-electron chi connectivity index (χ3n) is 3.11. The molecule has 2 aromatic rings. The summed E-state index contributed by atoms with van der Waals surface area (Å²) < 4.78 is 34.6. The summed E-state index contributed by atoms with van der Waals surface area (Å²) >= 11 is 3.39. The molecule has 0 fully saturated rings. The third kappa shape index (κ3) is 4.31. The fourth-order valence-corrected chi connectivity index (χ4v) is 3.28. The summed E-state index contributed by atoms with van der Waals surface area (Å²) in [5.41, 5.74) is 0.916. The number of hydrogen-bond donors (Lipinski definition) is 1. The van der Waals surface area contributed by atoms with Gasteiger partial charge in [0.25, 0.3) is 0 Å². The Hall–Kier alpha value is -1.38. The van der Waals surface area contributed by atoms with Gasteiger partial charge in [-0.3, -0.25) is 4.68 Å². The SMILES string of the molecule is COc1ccc(S(=O)(=O)NCCCn2cc(Br)c(C)n2)cc1. The molecule has 0 saturated carbocycles. The summed E-state index contributed by atoms with van der Waals surface area (Å²) in [6.45, 7) is 2.91. The van der Waals surface area contributed by atoms with Gasteiger partial charge in [0.15, 0.2) is 0 Å². The maximum Gasteiger partial charge on any atom is 0.240 e. The first-order chi connectivity index (χ1) is 10.4. The van der Waals surface area contributed by atoms with Gasteiger partial charge in [-0.15, -0.1) is 0 Å². The van der Waals surface area contributed by atoms with Crippen LogP contribution >= 0.6 is 15.9 Å². The average Bonchev–Trinajstić information content (AvgIpc) is 2.82. The van der Waals surface area contributed by atoms with Crippen molar-refractivity contribution in [3.8, 4) is 5.75 Å².